The van der Waals surface area contributed by atoms with Crippen molar-refractivity contribution in [1.29, 1.82) is 0 Å². The molecule has 2 rings (SSSR count). The van der Waals surface area contributed by atoms with Gasteiger partial charge in [0.15, 0.2) is 0 Å². The molecule has 16 heavy (non-hydrogen) atoms. The largest absolute Gasteiger partial charge is 0.419 e. The van der Waals surface area contributed by atoms with E-state index >= 15 is 0 Å². The Morgan fingerprint density at radius 3 is 2.56 bits per heavy atom. The predicted octanol–water partition coefficient (Wildman–Crippen LogP) is 1.73. The molecule has 0 fully saturated rings. The summed E-state index contributed by atoms with van der Waals surface area (Å²) in [5.41, 5.74) is -0.294. The maximum Gasteiger partial charge on any atom is 0.253 e. The zero-order valence-electron chi connectivity index (χ0n) is 8.50. The van der Waals surface area contributed by atoms with Crippen LogP contribution in [0.5, 0.6) is 0 Å². The van der Waals surface area contributed by atoms with Gasteiger partial charge in [-0.1, -0.05) is 6.07 Å². The van der Waals surface area contributed by atoms with E-state index in [9.17, 15) is 8.78 Å². The summed E-state index contributed by atoms with van der Waals surface area (Å²) in [5, 5.41) is 10.0. The third kappa shape index (κ3) is 1.92. The van der Waals surface area contributed by atoms with Gasteiger partial charge in [-0.2, -0.15) is 0 Å². The first-order valence-corrected chi connectivity index (χ1v) is 4.63. The number of nitrogens with zero attached hydrogens (tertiary/aromatic N) is 2. The van der Waals surface area contributed by atoms with Crippen LogP contribution in [0.3, 0.4) is 0 Å². The highest BCUT2D eigenvalue weighted by atomic mass is 19.1. The average molecular weight is 225 g/mol. The minimum Gasteiger partial charge on any atom is -0.419 e. The van der Waals surface area contributed by atoms with Crippen LogP contribution in [-0.2, 0) is 6.54 Å². The summed E-state index contributed by atoms with van der Waals surface area (Å²) in [6.45, 7) is 0.350. The van der Waals surface area contributed by atoms with Gasteiger partial charge in [-0.25, -0.2) is 8.78 Å². The molecule has 1 heterocycles. The van der Waals surface area contributed by atoms with E-state index in [-0.39, 0.29) is 17.3 Å². The summed E-state index contributed by atoms with van der Waals surface area (Å²) in [6.07, 6.45) is 0. The first kappa shape index (κ1) is 10.7. The van der Waals surface area contributed by atoms with Gasteiger partial charge in [-0.3, -0.25) is 0 Å². The molecular weight excluding hydrogens is 216 g/mol. The van der Waals surface area contributed by atoms with Crippen molar-refractivity contribution in [3.05, 3.63) is 35.7 Å². The molecule has 1 aromatic carbocycles. The van der Waals surface area contributed by atoms with Crippen molar-refractivity contribution < 1.29 is 13.2 Å². The van der Waals surface area contributed by atoms with Gasteiger partial charge in [0.25, 0.3) is 5.89 Å². The summed E-state index contributed by atoms with van der Waals surface area (Å²) < 4.78 is 31.8. The SMILES string of the molecule is CNCc1nnc(-c2c(F)cccc2F)o1. The van der Waals surface area contributed by atoms with Gasteiger partial charge in [0.2, 0.25) is 5.89 Å². The highest BCUT2D eigenvalue weighted by molar-refractivity contribution is 5.54. The lowest BCUT2D eigenvalue weighted by Crippen LogP contribution is -2.04. The molecule has 0 atom stereocenters. The monoisotopic (exact) mass is 225 g/mol. The summed E-state index contributed by atoms with van der Waals surface area (Å²) in [5.74, 6) is -1.32. The van der Waals surface area contributed by atoms with Gasteiger partial charge in [0.05, 0.1) is 6.54 Å². The Kier molecular flexibility index (Phi) is 2.91. The number of benzene rings is 1. The summed E-state index contributed by atoms with van der Waals surface area (Å²) >= 11 is 0. The molecule has 6 heteroatoms. The number of nitrogens with one attached hydrogen (secondary N) is 1. The Bertz CT molecular complexity index is 478. The van der Waals surface area contributed by atoms with Crippen molar-refractivity contribution >= 4 is 0 Å². The van der Waals surface area contributed by atoms with Crippen LogP contribution in [0, 0.1) is 11.6 Å². The van der Waals surface area contributed by atoms with Gasteiger partial charge in [0.1, 0.15) is 17.2 Å². The predicted molar refractivity (Wildman–Crippen MR) is 52.4 cm³/mol. The molecule has 0 aliphatic rings. The molecule has 4 nitrogen and oxygen atoms in total. The van der Waals surface area contributed by atoms with Crippen LogP contribution in [0.4, 0.5) is 8.78 Å². The standard InChI is InChI=1S/C10H9F2N3O/c1-13-5-8-14-15-10(16-8)9-6(11)3-2-4-7(9)12/h2-4,13H,5H2,1H3. The topological polar surface area (TPSA) is 51.0 Å². The molecule has 1 aromatic heterocycles. The zero-order valence-corrected chi connectivity index (χ0v) is 8.50. The third-order valence-corrected chi connectivity index (χ3v) is 1.97. The number of aromatic nitrogens is 2. The summed E-state index contributed by atoms with van der Waals surface area (Å²) in [4.78, 5) is 0. The van der Waals surface area contributed by atoms with E-state index in [1.807, 2.05) is 0 Å². The first-order chi connectivity index (χ1) is 7.72. The molecule has 0 aliphatic heterocycles. The van der Waals surface area contributed by atoms with Crippen LogP contribution in [0.2, 0.25) is 0 Å². The molecule has 0 bridgehead atoms. The first-order valence-electron chi connectivity index (χ1n) is 4.63. The Balaban J connectivity index is 2.42. The molecular formula is C10H9F2N3O. The van der Waals surface area contributed by atoms with Crippen LogP contribution in [0.1, 0.15) is 5.89 Å². The number of rotatable bonds is 3. The third-order valence-electron chi connectivity index (χ3n) is 1.97. The second kappa shape index (κ2) is 4.36. The lowest BCUT2D eigenvalue weighted by atomic mass is 10.2. The molecule has 0 aliphatic carbocycles. The number of hydrogen-bond acceptors (Lipinski definition) is 4. The lowest BCUT2D eigenvalue weighted by molar-refractivity contribution is 0.482. The van der Waals surface area contributed by atoms with Crippen molar-refractivity contribution in [3.8, 4) is 11.5 Å². The van der Waals surface area contributed by atoms with Crippen LogP contribution in [0.25, 0.3) is 11.5 Å². The van der Waals surface area contributed by atoms with Crippen molar-refractivity contribution in [1.82, 2.24) is 15.5 Å². The van der Waals surface area contributed by atoms with Gasteiger partial charge in [0, 0.05) is 0 Å². The van der Waals surface area contributed by atoms with E-state index in [0.29, 0.717) is 6.54 Å². The Morgan fingerprint density at radius 1 is 1.25 bits per heavy atom. The number of halogens is 2. The second-order valence-electron chi connectivity index (χ2n) is 3.13. The van der Waals surface area contributed by atoms with E-state index in [1.54, 1.807) is 7.05 Å². The van der Waals surface area contributed by atoms with E-state index < -0.39 is 11.6 Å². The molecule has 0 unspecified atom stereocenters. The fourth-order valence-electron chi connectivity index (χ4n) is 1.28. The van der Waals surface area contributed by atoms with Crippen molar-refractivity contribution in [2.45, 2.75) is 6.54 Å². The van der Waals surface area contributed by atoms with Gasteiger partial charge >= 0.3 is 0 Å². The van der Waals surface area contributed by atoms with E-state index in [2.05, 4.69) is 15.5 Å². The fourth-order valence-corrected chi connectivity index (χ4v) is 1.28. The molecule has 2 aromatic rings. The van der Waals surface area contributed by atoms with Crippen LogP contribution < -0.4 is 5.32 Å². The van der Waals surface area contributed by atoms with Crippen LogP contribution >= 0.6 is 0 Å². The Hall–Kier alpha value is -1.82. The van der Waals surface area contributed by atoms with Crippen molar-refractivity contribution in [2.75, 3.05) is 7.05 Å². The maximum absolute atomic E-state index is 13.3. The van der Waals surface area contributed by atoms with Gasteiger partial charge in [-0.05, 0) is 19.2 Å². The zero-order chi connectivity index (χ0) is 11.5. The summed E-state index contributed by atoms with van der Waals surface area (Å²) in [7, 11) is 1.70. The molecule has 0 spiro atoms. The summed E-state index contributed by atoms with van der Waals surface area (Å²) in [6, 6.07) is 3.56. The second-order valence-corrected chi connectivity index (χ2v) is 3.13. The van der Waals surface area contributed by atoms with Gasteiger partial charge in [-0.15, -0.1) is 10.2 Å². The highest BCUT2D eigenvalue weighted by Gasteiger charge is 2.17. The van der Waals surface area contributed by atoms with E-state index in [0.717, 1.165) is 12.1 Å². The van der Waals surface area contributed by atoms with Crippen LogP contribution in [0.15, 0.2) is 22.6 Å². The molecule has 0 saturated carbocycles. The molecule has 1 N–H and O–H groups in total. The molecule has 0 saturated heterocycles. The van der Waals surface area contributed by atoms with Crippen LogP contribution in [-0.4, -0.2) is 17.2 Å². The minimum absolute atomic E-state index is 0.152. The van der Waals surface area contributed by atoms with Gasteiger partial charge < -0.3 is 9.73 Å². The van der Waals surface area contributed by atoms with E-state index in [4.69, 9.17) is 4.42 Å². The molecule has 84 valence electrons. The van der Waals surface area contributed by atoms with Crippen molar-refractivity contribution in [2.24, 2.45) is 0 Å². The normalized spacial score (nSPS) is 10.7. The van der Waals surface area contributed by atoms with Crippen molar-refractivity contribution in [3.63, 3.8) is 0 Å². The lowest BCUT2D eigenvalue weighted by Gasteiger charge is -1.98. The Labute approximate surface area is 90.3 Å². The smallest absolute Gasteiger partial charge is 0.253 e. The fraction of sp³-hybridized carbons (Fsp3) is 0.200. The number of hydrogen-bond donors (Lipinski definition) is 1. The molecule has 0 radical (unpaired) electrons. The average Bonchev–Trinajstić information content (AvgIpc) is 2.67. The maximum atomic E-state index is 13.3. The Morgan fingerprint density at radius 2 is 1.94 bits per heavy atom. The molecule has 0 amide bonds. The minimum atomic E-state index is -0.723. The van der Waals surface area contributed by atoms with E-state index in [1.165, 1.54) is 6.07 Å². The highest BCUT2D eigenvalue weighted by Crippen LogP contribution is 2.24. The quantitative estimate of drug-likeness (QED) is 0.864.